The SMILES string of the molecule is O=C(CN1CCC[C@H]1c1ccccc1)Nc1cc(Cl)ccc1F. The van der Waals surface area contributed by atoms with Gasteiger partial charge in [0.25, 0.3) is 0 Å². The van der Waals surface area contributed by atoms with Crippen LogP contribution in [0.5, 0.6) is 0 Å². The summed E-state index contributed by atoms with van der Waals surface area (Å²) in [5.74, 6) is -0.710. The number of anilines is 1. The predicted molar refractivity (Wildman–Crippen MR) is 90.0 cm³/mol. The molecule has 2 aromatic rings. The van der Waals surface area contributed by atoms with Crippen molar-refractivity contribution in [1.29, 1.82) is 0 Å². The Bertz CT molecular complexity index is 693. The molecule has 0 spiro atoms. The molecular weight excluding hydrogens is 315 g/mol. The summed E-state index contributed by atoms with van der Waals surface area (Å²) < 4.78 is 13.7. The van der Waals surface area contributed by atoms with E-state index >= 15 is 0 Å². The van der Waals surface area contributed by atoms with Crippen LogP contribution in [0.3, 0.4) is 0 Å². The third-order valence-corrected chi connectivity index (χ3v) is 4.33. The molecule has 1 aliphatic rings. The van der Waals surface area contributed by atoms with Gasteiger partial charge in [0.1, 0.15) is 5.82 Å². The number of rotatable bonds is 4. The van der Waals surface area contributed by atoms with Gasteiger partial charge in [0.15, 0.2) is 0 Å². The number of carbonyl (C=O) groups excluding carboxylic acids is 1. The van der Waals surface area contributed by atoms with Crippen LogP contribution in [0, 0.1) is 5.82 Å². The summed E-state index contributed by atoms with van der Waals surface area (Å²) in [5.41, 5.74) is 1.34. The molecule has 5 heteroatoms. The first-order chi connectivity index (χ1) is 11.1. The third-order valence-electron chi connectivity index (χ3n) is 4.10. The zero-order valence-electron chi connectivity index (χ0n) is 12.6. The van der Waals surface area contributed by atoms with Crippen LogP contribution in [0.15, 0.2) is 48.5 Å². The molecule has 0 bridgehead atoms. The number of nitrogens with one attached hydrogen (secondary N) is 1. The average molecular weight is 333 g/mol. The van der Waals surface area contributed by atoms with Crippen LogP contribution in [0.4, 0.5) is 10.1 Å². The van der Waals surface area contributed by atoms with Crippen molar-refractivity contribution >= 4 is 23.2 Å². The van der Waals surface area contributed by atoms with Gasteiger partial charge >= 0.3 is 0 Å². The van der Waals surface area contributed by atoms with Gasteiger partial charge in [0.2, 0.25) is 5.91 Å². The van der Waals surface area contributed by atoms with Crippen LogP contribution in [0.25, 0.3) is 0 Å². The normalized spacial score (nSPS) is 18.1. The second-order valence-corrected chi connectivity index (χ2v) is 6.15. The van der Waals surface area contributed by atoms with Gasteiger partial charge in [-0.2, -0.15) is 0 Å². The van der Waals surface area contributed by atoms with E-state index in [4.69, 9.17) is 11.6 Å². The summed E-state index contributed by atoms with van der Waals surface area (Å²) in [5, 5.41) is 3.00. The van der Waals surface area contributed by atoms with Crippen molar-refractivity contribution < 1.29 is 9.18 Å². The molecule has 0 saturated carbocycles. The van der Waals surface area contributed by atoms with Crippen LogP contribution in [0.2, 0.25) is 5.02 Å². The zero-order valence-corrected chi connectivity index (χ0v) is 13.4. The first-order valence-electron chi connectivity index (χ1n) is 7.67. The summed E-state index contributed by atoms with van der Waals surface area (Å²) in [4.78, 5) is 14.4. The van der Waals surface area contributed by atoms with Gasteiger partial charge in [-0.15, -0.1) is 0 Å². The molecule has 3 nitrogen and oxygen atoms in total. The lowest BCUT2D eigenvalue weighted by atomic mass is 10.0. The fourth-order valence-corrected chi connectivity index (χ4v) is 3.21. The number of nitrogens with zero attached hydrogens (tertiary/aromatic N) is 1. The lowest BCUT2D eigenvalue weighted by Gasteiger charge is -2.24. The first kappa shape index (κ1) is 16.0. The molecule has 1 fully saturated rings. The summed E-state index contributed by atoms with van der Waals surface area (Å²) in [7, 11) is 0. The van der Waals surface area contributed by atoms with Crippen LogP contribution < -0.4 is 5.32 Å². The monoisotopic (exact) mass is 332 g/mol. The van der Waals surface area contributed by atoms with Crippen molar-refractivity contribution in [1.82, 2.24) is 4.90 Å². The van der Waals surface area contributed by atoms with E-state index in [-0.39, 0.29) is 24.2 Å². The molecule has 0 radical (unpaired) electrons. The van der Waals surface area contributed by atoms with E-state index in [1.165, 1.54) is 23.8 Å². The molecule has 0 aliphatic carbocycles. The van der Waals surface area contributed by atoms with Gasteiger partial charge in [-0.3, -0.25) is 9.69 Å². The Morgan fingerprint density at radius 1 is 1.26 bits per heavy atom. The Morgan fingerprint density at radius 2 is 2.04 bits per heavy atom. The van der Waals surface area contributed by atoms with Gasteiger partial charge in [0, 0.05) is 11.1 Å². The van der Waals surface area contributed by atoms with Crippen molar-refractivity contribution in [2.24, 2.45) is 0 Å². The fourth-order valence-electron chi connectivity index (χ4n) is 3.04. The van der Waals surface area contributed by atoms with E-state index in [0.29, 0.717) is 5.02 Å². The maximum Gasteiger partial charge on any atom is 0.238 e. The highest BCUT2D eigenvalue weighted by molar-refractivity contribution is 6.30. The van der Waals surface area contributed by atoms with E-state index in [1.54, 1.807) is 0 Å². The van der Waals surface area contributed by atoms with Crippen molar-refractivity contribution in [3.05, 3.63) is 64.9 Å². The van der Waals surface area contributed by atoms with Gasteiger partial charge in [0.05, 0.1) is 12.2 Å². The molecule has 1 amide bonds. The predicted octanol–water partition coefficient (Wildman–Crippen LogP) is 4.25. The molecule has 23 heavy (non-hydrogen) atoms. The molecule has 1 N–H and O–H groups in total. The maximum absolute atomic E-state index is 13.7. The van der Waals surface area contributed by atoms with Gasteiger partial charge in [-0.25, -0.2) is 4.39 Å². The first-order valence-corrected chi connectivity index (χ1v) is 8.05. The Labute approximate surface area is 140 Å². The van der Waals surface area contributed by atoms with Crippen LogP contribution in [0.1, 0.15) is 24.4 Å². The summed E-state index contributed by atoms with van der Waals surface area (Å²) in [6.45, 7) is 1.11. The second kappa shape index (κ2) is 7.11. The number of halogens is 2. The Morgan fingerprint density at radius 3 is 2.83 bits per heavy atom. The van der Waals surface area contributed by atoms with Crippen molar-refractivity contribution in [2.45, 2.75) is 18.9 Å². The van der Waals surface area contributed by atoms with Gasteiger partial charge < -0.3 is 5.32 Å². The minimum Gasteiger partial charge on any atom is -0.322 e. The van der Waals surface area contributed by atoms with Crippen molar-refractivity contribution in [3.8, 4) is 0 Å². The summed E-state index contributed by atoms with van der Waals surface area (Å²) in [6, 6.07) is 14.5. The Balaban J connectivity index is 1.66. The topological polar surface area (TPSA) is 32.3 Å². The number of carbonyl (C=O) groups is 1. The minimum atomic E-state index is -0.483. The molecule has 3 rings (SSSR count). The smallest absolute Gasteiger partial charge is 0.238 e. The average Bonchev–Trinajstić information content (AvgIpc) is 3.00. The van der Waals surface area contributed by atoms with Gasteiger partial charge in [-0.1, -0.05) is 41.9 Å². The van der Waals surface area contributed by atoms with E-state index in [9.17, 15) is 9.18 Å². The lowest BCUT2D eigenvalue weighted by molar-refractivity contribution is -0.117. The molecule has 0 aromatic heterocycles. The standard InChI is InChI=1S/C18H18ClFN2O/c19-14-8-9-15(20)16(11-14)21-18(23)12-22-10-4-7-17(22)13-5-2-1-3-6-13/h1-3,5-6,8-9,11,17H,4,7,10,12H2,(H,21,23)/t17-/m0/s1. The molecular formula is C18H18ClFN2O. The number of amides is 1. The van der Waals surface area contributed by atoms with Gasteiger partial charge in [-0.05, 0) is 43.1 Å². The molecule has 1 heterocycles. The molecule has 1 saturated heterocycles. The maximum atomic E-state index is 13.7. The minimum absolute atomic E-state index is 0.123. The highest BCUT2D eigenvalue weighted by Crippen LogP contribution is 2.31. The highest BCUT2D eigenvalue weighted by Gasteiger charge is 2.27. The molecule has 1 aliphatic heterocycles. The molecule has 0 unspecified atom stereocenters. The molecule has 120 valence electrons. The fraction of sp³-hybridized carbons (Fsp3) is 0.278. The molecule has 2 aromatic carbocycles. The number of hydrogen-bond donors (Lipinski definition) is 1. The van der Waals surface area contributed by atoms with Crippen LogP contribution in [-0.4, -0.2) is 23.9 Å². The zero-order chi connectivity index (χ0) is 16.2. The third kappa shape index (κ3) is 3.89. The summed E-state index contributed by atoms with van der Waals surface area (Å²) >= 11 is 5.85. The number of likely N-dealkylation sites (tertiary alicyclic amines) is 1. The van der Waals surface area contributed by atoms with E-state index in [1.807, 2.05) is 18.2 Å². The van der Waals surface area contributed by atoms with Crippen LogP contribution in [-0.2, 0) is 4.79 Å². The van der Waals surface area contributed by atoms with Crippen molar-refractivity contribution in [2.75, 3.05) is 18.4 Å². The van der Waals surface area contributed by atoms with E-state index in [2.05, 4.69) is 22.3 Å². The van der Waals surface area contributed by atoms with E-state index < -0.39 is 5.82 Å². The summed E-state index contributed by atoms with van der Waals surface area (Å²) in [6.07, 6.45) is 2.08. The Hall–Kier alpha value is -1.91. The van der Waals surface area contributed by atoms with E-state index in [0.717, 1.165) is 19.4 Å². The number of benzene rings is 2. The Kier molecular flexibility index (Phi) is 4.94. The quantitative estimate of drug-likeness (QED) is 0.907. The number of hydrogen-bond acceptors (Lipinski definition) is 2. The lowest BCUT2D eigenvalue weighted by Crippen LogP contribution is -2.33. The largest absolute Gasteiger partial charge is 0.322 e. The molecule has 1 atom stereocenters. The van der Waals surface area contributed by atoms with Crippen LogP contribution >= 0.6 is 11.6 Å². The second-order valence-electron chi connectivity index (χ2n) is 5.71. The highest BCUT2D eigenvalue weighted by atomic mass is 35.5. The van der Waals surface area contributed by atoms with Crippen molar-refractivity contribution in [3.63, 3.8) is 0 Å².